The number of ether oxygens (including phenoxy) is 1. The van der Waals surface area contributed by atoms with Crippen molar-refractivity contribution in [3.05, 3.63) is 89.4 Å². The molecule has 0 saturated heterocycles. The van der Waals surface area contributed by atoms with Gasteiger partial charge in [-0.05, 0) is 73.3 Å². The van der Waals surface area contributed by atoms with E-state index >= 15 is 0 Å². The molecule has 0 aliphatic heterocycles. The molecule has 0 amide bonds. The quantitative estimate of drug-likeness (QED) is 0.0976. The van der Waals surface area contributed by atoms with Crippen LogP contribution in [0.2, 0.25) is 0 Å². The first kappa shape index (κ1) is 37.3. The molecule has 0 fully saturated rings. The van der Waals surface area contributed by atoms with Crippen LogP contribution in [-0.2, 0) is 6.42 Å². The topological polar surface area (TPSA) is 33.6 Å². The van der Waals surface area contributed by atoms with Gasteiger partial charge in [0.1, 0.15) is 5.75 Å². The largest absolute Gasteiger partial charge is 0.496 e. The van der Waals surface area contributed by atoms with Gasteiger partial charge in [-0.25, -0.2) is 0 Å². The Labute approximate surface area is 252 Å². The van der Waals surface area contributed by atoms with E-state index in [0.717, 1.165) is 48.4 Å². The first-order valence-corrected chi connectivity index (χ1v) is 15.7. The lowest BCUT2D eigenvalue weighted by Gasteiger charge is -2.21. The van der Waals surface area contributed by atoms with Crippen molar-refractivity contribution in [1.82, 2.24) is 0 Å². The van der Waals surface area contributed by atoms with Crippen LogP contribution in [0.5, 0.6) is 5.75 Å². The molecule has 0 aromatic heterocycles. The van der Waals surface area contributed by atoms with Crippen molar-refractivity contribution in [3.63, 3.8) is 0 Å². The van der Waals surface area contributed by atoms with Crippen LogP contribution in [0.25, 0.3) is 5.70 Å². The number of thiol groups is 1. The van der Waals surface area contributed by atoms with E-state index in [2.05, 4.69) is 101 Å². The molecular weight excluding hydrogens is 508 g/mol. The fraction of sp³-hybridized carbons (Fsp3) is 0.472. The minimum Gasteiger partial charge on any atom is -0.496 e. The minimum absolute atomic E-state index is 0.0249. The normalized spacial score (nSPS) is 13.0. The second-order valence-corrected chi connectivity index (χ2v) is 9.67. The monoisotopic (exact) mass is 564 g/mol. The van der Waals surface area contributed by atoms with Gasteiger partial charge < -0.3 is 10.1 Å². The standard InChI is InChI=1S/C31H42N2OS.C3H8.C2H6/c1-5-7-9-10-11-12-15-25(3)29(33-27-21-19-26(20-22-27)16-8-6-2)23-32-30(24-35)28-17-13-14-18-31(28)34-4;1-3-2;1-2/h7,9,12-15,17-25,29,33,35H,5-6,8,10-11,16H2,1-4H3;3H2,1-2H3;1-2H3/b9-7+,15-12-,30-24-,32-23?;;. The third-order valence-corrected chi connectivity index (χ3v) is 6.14. The Kier molecular flexibility index (Phi) is 23.5. The van der Waals surface area contributed by atoms with Gasteiger partial charge >= 0.3 is 0 Å². The zero-order valence-electron chi connectivity index (χ0n) is 26.5. The van der Waals surface area contributed by atoms with Crippen LogP contribution in [0.4, 0.5) is 5.69 Å². The second kappa shape index (κ2) is 25.3. The Bertz CT molecular complexity index is 992. The van der Waals surface area contributed by atoms with Crippen LogP contribution in [0, 0.1) is 5.92 Å². The van der Waals surface area contributed by atoms with Gasteiger partial charge in [-0.2, -0.15) is 0 Å². The fourth-order valence-corrected chi connectivity index (χ4v) is 3.95. The molecule has 3 nitrogen and oxygen atoms in total. The molecule has 0 saturated carbocycles. The Hall–Kier alpha value is -2.72. The first-order valence-electron chi connectivity index (χ1n) is 15.2. The van der Waals surface area contributed by atoms with Crippen LogP contribution >= 0.6 is 12.6 Å². The molecule has 2 rings (SSSR count). The summed E-state index contributed by atoms with van der Waals surface area (Å²) < 4.78 is 5.53. The minimum atomic E-state index is 0.0249. The SMILES string of the molecule is CC.CC/C=C/CC/C=C\C(C)C(C=N/C(=C\S)c1ccccc1OC)Nc1ccc(CCCC)cc1.CCC. The summed E-state index contributed by atoms with van der Waals surface area (Å²) in [5, 5.41) is 5.42. The van der Waals surface area contributed by atoms with Crippen molar-refractivity contribution >= 4 is 30.2 Å². The average molecular weight is 565 g/mol. The maximum Gasteiger partial charge on any atom is 0.128 e. The number of aliphatic imine (C=N–C) groups is 1. The number of para-hydroxylation sites is 1. The van der Waals surface area contributed by atoms with E-state index in [9.17, 15) is 0 Å². The van der Waals surface area contributed by atoms with E-state index in [4.69, 9.17) is 9.73 Å². The smallest absolute Gasteiger partial charge is 0.128 e. The van der Waals surface area contributed by atoms with Crippen LogP contribution in [0.1, 0.15) is 98.1 Å². The van der Waals surface area contributed by atoms with Crippen molar-refractivity contribution in [2.75, 3.05) is 12.4 Å². The van der Waals surface area contributed by atoms with Crippen molar-refractivity contribution < 1.29 is 4.74 Å². The number of allylic oxidation sites excluding steroid dienone is 3. The molecule has 2 aromatic rings. The number of aryl methyl sites for hydroxylation is 1. The summed E-state index contributed by atoms with van der Waals surface area (Å²) in [7, 11) is 1.68. The molecule has 40 heavy (non-hydrogen) atoms. The lowest BCUT2D eigenvalue weighted by atomic mass is 10.0. The molecule has 2 atom stereocenters. The third-order valence-electron chi connectivity index (χ3n) is 5.89. The van der Waals surface area contributed by atoms with Crippen LogP contribution in [0.15, 0.2) is 83.2 Å². The van der Waals surface area contributed by atoms with Crippen LogP contribution in [0.3, 0.4) is 0 Å². The molecule has 4 heteroatoms. The first-order chi connectivity index (χ1) is 19.5. The highest BCUT2D eigenvalue weighted by molar-refractivity contribution is 7.83. The Morgan fingerprint density at radius 2 is 1.60 bits per heavy atom. The number of nitrogens with one attached hydrogen (secondary N) is 1. The van der Waals surface area contributed by atoms with Gasteiger partial charge in [0, 0.05) is 17.5 Å². The van der Waals surface area contributed by atoms with E-state index in [1.165, 1.54) is 24.8 Å². The highest BCUT2D eigenvalue weighted by atomic mass is 32.1. The summed E-state index contributed by atoms with van der Waals surface area (Å²) in [6.45, 7) is 14.9. The van der Waals surface area contributed by atoms with E-state index in [0.29, 0.717) is 0 Å². The highest BCUT2D eigenvalue weighted by Crippen LogP contribution is 2.27. The molecule has 0 heterocycles. The van der Waals surface area contributed by atoms with Gasteiger partial charge in [-0.1, -0.05) is 110 Å². The lowest BCUT2D eigenvalue weighted by molar-refractivity contribution is 0.413. The van der Waals surface area contributed by atoms with Crippen LogP contribution in [-0.4, -0.2) is 19.4 Å². The molecule has 0 spiro atoms. The van der Waals surface area contributed by atoms with Gasteiger partial charge in [0.05, 0.1) is 18.8 Å². The molecule has 0 bridgehead atoms. The summed E-state index contributed by atoms with van der Waals surface area (Å²) in [4.78, 5) is 4.84. The van der Waals surface area contributed by atoms with Crippen LogP contribution < -0.4 is 10.1 Å². The predicted molar refractivity (Wildman–Crippen MR) is 185 cm³/mol. The van der Waals surface area contributed by atoms with Gasteiger partial charge in [0.15, 0.2) is 0 Å². The number of unbranched alkanes of at least 4 members (excludes halogenated alkanes) is 2. The molecular formula is C36H56N2OS. The molecule has 0 aliphatic rings. The summed E-state index contributed by atoms with van der Waals surface area (Å²) in [5.41, 5.74) is 4.17. The highest BCUT2D eigenvalue weighted by Gasteiger charge is 2.14. The summed E-state index contributed by atoms with van der Waals surface area (Å²) in [6.07, 6.45) is 19.0. The molecule has 0 aliphatic carbocycles. The van der Waals surface area contributed by atoms with Crippen molar-refractivity contribution in [3.8, 4) is 5.75 Å². The number of nitrogens with zero attached hydrogens (tertiary/aromatic N) is 1. The number of hydrogen-bond acceptors (Lipinski definition) is 4. The average Bonchev–Trinajstić information content (AvgIpc) is 2.99. The summed E-state index contributed by atoms with van der Waals surface area (Å²) in [5.74, 6) is 1.04. The Balaban J connectivity index is 0.00000284. The number of benzene rings is 2. The van der Waals surface area contributed by atoms with Gasteiger partial charge in [-0.3, -0.25) is 4.99 Å². The van der Waals surface area contributed by atoms with Gasteiger partial charge in [0.2, 0.25) is 0 Å². The van der Waals surface area contributed by atoms with E-state index in [1.54, 1.807) is 12.5 Å². The maximum atomic E-state index is 5.53. The van der Waals surface area contributed by atoms with E-state index in [-0.39, 0.29) is 12.0 Å². The number of rotatable bonds is 15. The summed E-state index contributed by atoms with van der Waals surface area (Å²) in [6, 6.07) is 16.7. The molecule has 222 valence electrons. The second-order valence-electron chi connectivity index (χ2n) is 9.41. The fourth-order valence-electron chi connectivity index (χ4n) is 3.74. The molecule has 1 N–H and O–H groups in total. The van der Waals surface area contributed by atoms with Crippen molar-refractivity contribution in [2.45, 2.75) is 99.5 Å². The predicted octanol–water partition coefficient (Wildman–Crippen LogP) is 11.2. The van der Waals surface area contributed by atoms with E-state index < -0.39 is 0 Å². The molecule has 2 unspecified atom stereocenters. The lowest BCUT2D eigenvalue weighted by Crippen LogP contribution is -2.28. The summed E-state index contributed by atoms with van der Waals surface area (Å²) >= 11 is 4.43. The van der Waals surface area contributed by atoms with Crippen molar-refractivity contribution in [2.24, 2.45) is 10.9 Å². The number of anilines is 1. The Morgan fingerprint density at radius 1 is 0.950 bits per heavy atom. The number of hydrogen-bond donors (Lipinski definition) is 2. The zero-order chi connectivity index (χ0) is 30.0. The van der Waals surface area contributed by atoms with Gasteiger partial charge in [-0.15, -0.1) is 12.6 Å². The molecule has 2 aromatic carbocycles. The maximum absolute atomic E-state index is 5.53. The number of methoxy groups -OCH3 is 1. The zero-order valence-corrected chi connectivity index (χ0v) is 27.4. The molecule has 0 radical (unpaired) electrons. The van der Waals surface area contributed by atoms with E-state index in [1.807, 2.05) is 44.3 Å². The Morgan fingerprint density at radius 3 is 2.20 bits per heavy atom. The third kappa shape index (κ3) is 15.8. The van der Waals surface area contributed by atoms with Gasteiger partial charge in [0.25, 0.3) is 0 Å². The van der Waals surface area contributed by atoms with Crippen molar-refractivity contribution in [1.29, 1.82) is 0 Å².